The standard InChI is InChI=1S/C23H23N3O5/c1-4-30-23-12-10-19(25-26-23)16-5-8-18(9-6-16)24-22(28)14-31-20-11-7-17(15(2)27)13-21(20)29-3/h5-13H,4,14H2,1-3H3,(H,24,28). The van der Waals surface area contributed by atoms with Crippen molar-refractivity contribution in [3.05, 3.63) is 60.2 Å². The predicted octanol–water partition coefficient (Wildman–Crippen LogP) is 3.77. The summed E-state index contributed by atoms with van der Waals surface area (Å²) < 4.78 is 16.1. The molecule has 0 aliphatic carbocycles. The van der Waals surface area contributed by atoms with Crippen LogP contribution >= 0.6 is 0 Å². The largest absolute Gasteiger partial charge is 0.493 e. The summed E-state index contributed by atoms with van der Waals surface area (Å²) in [6.07, 6.45) is 0. The Morgan fingerprint density at radius 2 is 1.71 bits per heavy atom. The number of nitrogens with zero attached hydrogens (tertiary/aromatic N) is 2. The highest BCUT2D eigenvalue weighted by atomic mass is 16.5. The first kappa shape index (κ1) is 21.8. The Kier molecular flexibility index (Phi) is 7.16. The molecule has 3 aromatic rings. The molecule has 0 saturated heterocycles. The van der Waals surface area contributed by atoms with E-state index in [1.165, 1.54) is 14.0 Å². The number of benzene rings is 2. The summed E-state index contributed by atoms with van der Waals surface area (Å²) in [6, 6.07) is 15.6. The summed E-state index contributed by atoms with van der Waals surface area (Å²) >= 11 is 0. The van der Waals surface area contributed by atoms with Gasteiger partial charge in [0.05, 0.1) is 19.4 Å². The van der Waals surface area contributed by atoms with E-state index in [1.807, 2.05) is 25.1 Å². The van der Waals surface area contributed by atoms with E-state index in [4.69, 9.17) is 14.2 Å². The molecule has 3 rings (SSSR count). The number of ether oxygens (including phenoxy) is 3. The second-order valence-electron chi connectivity index (χ2n) is 6.53. The molecule has 8 heteroatoms. The summed E-state index contributed by atoms with van der Waals surface area (Å²) in [5.41, 5.74) is 2.69. The molecule has 31 heavy (non-hydrogen) atoms. The molecular weight excluding hydrogens is 398 g/mol. The molecule has 160 valence electrons. The van der Waals surface area contributed by atoms with E-state index in [2.05, 4.69) is 15.5 Å². The Hall–Kier alpha value is -3.94. The van der Waals surface area contributed by atoms with Crippen molar-refractivity contribution in [2.45, 2.75) is 13.8 Å². The van der Waals surface area contributed by atoms with Crippen molar-refractivity contribution in [3.63, 3.8) is 0 Å². The molecule has 0 atom stereocenters. The van der Waals surface area contributed by atoms with Crippen LogP contribution in [0.3, 0.4) is 0 Å². The summed E-state index contributed by atoms with van der Waals surface area (Å²) in [6.45, 7) is 3.68. The van der Waals surface area contributed by atoms with Gasteiger partial charge in [-0.25, -0.2) is 0 Å². The van der Waals surface area contributed by atoms with Gasteiger partial charge in [0.15, 0.2) is 23.9 Å². The number of nitrogens with one attached hydrogen (secondary N) is 1. The fourth-order valence-corrected chi connectivity index (χ4v) is 2.77. The number of rotatable bonds is 9. The zero-order chi connectivity index (χ0) is 22.2. The summed E-state index contributed by atoms with van der Waals surface area (Å²) in [5.74, 6) is 0.838. The van der Waals surface area contributed by atoms with Crippen molar-refractivity contribution in [2.24, 2.45) is 0 Å². The van der Waals surface area contributed by atoms with Gasteiger partial charge in [0.25, 0.3) is 5.91 Å². The molecule has 0 spiro atoms. The predicted molar refractivity (Wildman–Crippen MR) is 116 cm³/mol. The maximum atomic E-state index is 12.2. The average molecular weight is 421 g/mol. The fraction of sp³-hybridized carbons (Fsp3) is 0.217. The molecule has 0 fully saturated rings. The zero-order valence-corrected chi connectivity index (χ0v) is 17.5. The third-order valence-corrected chi connectivity index (χ3v) is 4.33. The molecule has 0 bridgehead atoms. The molecule has 1 amide bonds. The van der Waals surface area contributed by atoms with Crippen molar-refractivity contribution in [1.82, 2.24) is 10.2 Å². The molecule has 1 N–H and O–H groups in total. The van der Waals surface area contributed by atoms with Crippen molar-refractivity contribution >= 4 is 17.4 Å². The first-order chi connectivity index (χ1) is 15.0. The minimum Gasteiger partial charge on any atom is -0.493 e. The van der Waals surface area contributed by atoms with Crippen molar-refractivity contribution in [2.75, 3.05) is 25.6 Å². The highest BCUT2D eigenvalue weighted by Crippen LogP contribution is 2.28. The van der Waals surface area contributed by atoms with E-state index in [0.717, 1.165) is 5.56 Å². The first-order valence-corrected chi connectivity index (χ1v) is 9.68. The van der Waals surface area contributed by atoms with Crippen LogP contribution in [0.2, 0.25) is 0 Å². The van der Waals surface area contributed by atoms with E-state index in [1.54, 1.807) is 36.4 Å². The van der Waals surface area contributed by atoms with Crippen LogP contribution in [0.5, 0.6) is 17.4 Å². The number of methoxy groups -OCH3 is 1. The van der Waals surface area contributed by atoms with Crippen LogP contribution < -0.4 is 19.5 Å². The van der Waals surface area contributed by atoms with Crippen LogP contribution in [0.4, 0.5) is 5.69 Å². The molecule has 0 aliphatic rings. The lowest BCUT2D eigenvalue weighted by molar-refractivity contribution is -0.118. The SMILES string of the molecule is CCOc1ccc(-c2ccc(NC(=O)COc3ccc(C(C)=O)cc3OC)cc2)nn1. The number of aromatic nitrogens is 2. The van der Waals surface area contributed by atoms with Gasteiger partial charge in [-0.2, -0.15) is 0 Å². The molecule has 8 nitrogen and oxygen atoms in total. The van der Waals surface area contributed by atoms with Gasteiger partial charge in [0.2, 0.25) is 5.88 Å². The molecule has 0 unspecified atom stereocenters. The van der Waals surface area contributed by atoms with Crippen LogP contribution in [-0.2, 0) is 4.79 Å². The van der Waals surface area contributed by atoms with E-state index < -0.39 is 0 Å². The minimum atomic E-state index is -0.327. The Labute approximate surface area is 180 Å². The lowest BCUT2D eigenvalue weighted by Crippen LogP contribution is -2.20. The third-order valence-electron chi connectivity index (χ3n) is 4.33. The number of anilines is 1. The van der Waals surface area contributed by atoms with Gasteiger partial charge in [-0.1, -0.05) is 12.1 Å². The Balaban J connectivity index is 1.58. The van der Waals surface area contributed by atoms with Gasteiger partial charge < -0.3 is 19.5 Å². The van der Waals surface area contributed by atoms with Crippen molar-refractivity contribution in [1.29, 1.82) is 0 Å². The Bertz CT molecular complexity index is 1050. The van der Waals surface area contributed by atoms with Gasteiger partial charge in [-0.15, -0.1) is 10.2 Å². The maximum Gasteiger partial charge on any atom is 0.262 e. The molecule has 1 heterocycles. The zero-order valence-electron chi connectivity index (χ0n) is 17.5. The normalized spacial score (nSPS) is 10.3. The van der Waals surface area contributed by atoms with E-state index in [9.17, 15) is 9.59 Å². The lowest BCUT2D eigenvalue weighted by Gasteiger charge is -2.12. The molecular formula is C23H23N3O5. The third kappa shape index (κ3) is 5.79. The van der Waals surface area contributed by atoms with Crippen LogP contribution in [0.15, 0.2) is 54.6 Å². The quantitative estimate of drug-likeness (QED) is 0.525. The number of amides is 1. The monoisotopic (exact) mass is 421 g/mol. The topological polar surface area (TPSA) is 99.6 Å². The number of hydrogen-bond donors (Lipinski definition) is 1. The number of Topliss-reactive ketones (excluding diaryl/α,β-unsaturated/α-hetero) is 1. The Morgan fingerprint density at radius 3 is 2.32 bits per heavy atom. The van der Waals surface area contributed by atoms with E-state index >= 15 is 0 Å². The van der Waals surface area contributed by atoms with Crippen LogP contribution in [0.1, 0.15) is 24.2 Å². The molecule has 0 aliphatic heterocycles. The summed E-state index contributed by atoms with van der Waals surface area (Å²) in [7, 11) is 1.47. The molecule has 2 aromatic carbocycles. The number of ketones is 1. The van der Waals surface area contributed by atoms with E-state index in [-0.39, 0.29) is 18.3 Å². The van der Waals surface area contributed by atoms with Crippen LogP contribution in [0.25, 0.3) is 11.3 Å². The first-order valence-electron chi connectivity index (χ1n) is 9.68. The molecule has 0 radical (unpaired) electrons. The second-order valence-corrected chi connectivity index (χ2v) is 6.53. The molecule has 0 saturated carbocycles. The van der Waals surface area contributed by atoms with Gasteiger partial charge >= 0.3 is 0 Å². The van der Waals surface area contributed by atoms with E-state index in [0.29, 0.717) is 40.9 Å². The number of hydrogen-bond acceptors (Lipinski definition) is 7. The number of carbonyl (C=O) groups excluding carboxylic acids is 2. The average Bonchev–Trinajstić information content (AvgIpc) is 2.79. The molecule has 1 aromatic heterocycles. The Morgan fingerprint density at radius 1 is 0.935 bits per heavy atom. The van der Waals surface area contributed by atoms with Gasteiger partial charge in [0.1, 0.15) is 0 Å². The fourth-order valence-electron chi connectivity index (χ4n) is 2.77. The lowest BCUT2D eigenvalue weighted by atomic mass is 10.1. The highest BCUT2D eigenvalue weighted by Gasteiger charge is 2.11. The van der Waals surface area contributed by atoms with Gasteiger partial charge in [-0.3, -0.25) is 9.59 Å². The maximum absolute atomic E-state index is 12.2. The van der Waals surface area contributed by atoms with Crippen LogP contribution in [-0.4, -0.2) is 42.2 Å². The minimum absolute atomic E-state index is 0.0812. The summed E-state index contributed by atoms with van der Waals surface area (Å²) in [5, 5.41) is 10.9. The van der Waals surface area contributed by atoms with Gasteiger partial charge in [0, 0.05) is 22.9 Å². The highest BCUT2D eigenvalue weighted by molar-refractivity contribution is 5.95. The summed E-state index contributed by atoms with van der Waals surface area (Å²) in [4.78, 5) is 23.7. The number of carbonyl (C=O) groups is 2. The van der Waals surface area contributed by atoms with Crippen molar-refractivity contribution < 1.29 is 23.8 Å². The van der Waals surface area contributed by atoms with Crippen molar-refractivity contribution in [3.8, 4) is 28.6 Å². The smallest absolute Gasteiger partial charge is 0.262 e. The van der Waals surface area contributed by atoms with Gasteiger partial charge in [-0.05, 0) is 50.2 Å². The van der Waals surface area contributed by atoms with Crippen LogP contribution in [0, 0.1) is 0 Å². The second kappa shape index (κ2) is 10.2.